The number of nitrogens with zero attached hydrogens (tertiary/aromatic N) is 2. The van der Waals surface area contributed by atoms with Crippen LogP contribution in [-0.4, -0.2) is 9.78 Å². The van der Waals surface area contributed by atoms with Crippen LogP contribution in [0.1, 0.15) is 31.2 Å². The molecule has 0 bridgehead atoms. The topological polar surface area (TPSA) is 17.8 Å². The third kappa shape index (κ3) is 1.48. The van der Waals surface area contributed by atoms with E-state index in [0.29, 0.717) is 5.92 Å². The second kappa shape index (κ2) is 2.97. The Balaban J connectivity index is 3.19. The molecule has 0 saturated carbocycles. The first-order valence-electron chi connectivity index (χ1n) is 3.73. The van der Waals surface area contributed by atoms with Gasteiger partial charge in [0.25, 0.3) is 0 Å². The second-order valence-electron chi connectivity index (χ2n) is 3.06. The number of hydrogen-bond donors (Lipinski definition) is 0. The summed E-state index contributed by atoms with van der Waals surface area (Å²) in [5.41, 5.74) is 2.33. The van der Waals surface area contributed by atoms with Crippen LogP contribution in [0.25, 0.3) is 0 Å². The smallest absolute Gasteiger partial charge is 0.0794 e. The van der Waals surface area contributed by atoms with E-state index in [1.54, 1.807) is 0 Å². The summed E-state index contributed by atoms with van der Waals surface area (Å²) in [5, 5.41) is 4.38. The van der Waals surface area contributed by atoms with Gasteiger partial charge in [0.05, 0.1) is 10.2 Å². The molecule has 0 unspecified atom stereocenters. The fourth-order valence-corrected chi connectivity index (χ4v) is 1.77. The highest BCUT2D eigenvalue weighted by Crippen LogP contribution is 2.25. The van der Waals surface area contributed by atoms with Crippen LogP contribution in [0.5, 0.6) is 0 Å². The highest BCUT2D eigenvalue weighted by molar-refractivity contribution is 9.10. The third-order valence-electron chi connectivity index (χ3n) is 1.83. The highest BCUT2D eigenvalue weighted by atomic mass is 79.9. The lowest BCUT2D eigenvalue weighted by Gasteiger charge is -1.98. The Morgan fingerprint density at radius 1 is 1.45 bits per heavy atom. The van der Waals surface area contributed by atoms with Crippen molar-refractivity contribution in [3.8, 4) is 0 Å². The first-order chi connectivity index (χ1) is 5.04. The van der Waals surface area contributed by atoms with Crippen LogP contribution in [0.4, 0.5) is 0 Å². The van der Waals surface area contributed by atoms with Crippen molar-refractivity contribution in [1.29, 1.82) is 0 Å². The summed E-state index contributed by atoms with van der Waals surface area (Å²) in [5.74, 6) is 0.490. The molecule has 0 saturated heterocycles. The first-order valence-corrected chi connectivity index (χ1v) is 4.52. The molecule has 1 heterocycles. The van der Waals surface area contributed by atoms with E-state index in [0.717, 1.165) is 10.2 Å². The molecule has 62 valence electrons. The first kappa shape index (κ1) is 8.78. The number of rotatable bonds is 1. The summed E-state index contributed by atoms with van der Waals surface area (Å²) in [7, 11) is 1.96. The summed E-state index contributed by atoms with van der Waals surface area (Å²) < 4.78 is 3.05. The van der Waals surface area contributed by atoms with Gasteiger partial charge in [-0.05, 0) is 28.8 Å². The number of aryl methyl sites for hydroxylation is 1. The van der Waals surface area contributed by atoms with Gasteiger partial charge in [-0.25, -0.2) is 0 Å². The third-order valence-corrected chi connectivity index (χ3v) is 2.81. The number of aromatic nitrogens is 2. The van der Waals surface area contributed by atoms with Gasteiger partial charge in [0.15, 0.2) is 0 Å². The van der Waals surface area contributed by atoms with Crippen molar-refractivity contribution < 1.29 is 0 Å². The monoisotopic (exact) mass is 216 g/mol. The molecule has 0 aliphatic carbocycles. The maximum atomic E-state index is 4.38. The van der Waals surface area contributed by atoms with E-state index in [2.05, 4.69) is 41.8 Å². The standard InChI is InChI=1S/C8H13BrN2/c1-5(2)8-7(9)6(3)11(4)10-8/h5H,1-4H3. The molecule has 0 fully saturated rings. The van der Waals surface area contributed by atoms with Crippen molar-refractivity contribution in [1.82, 2.24) is 9.78 Å². The van der Waals surface area contributed by atoms with E-state index in [1.165, 1.54) is 5.69 Å². The van der Waals surface area contributed by atoms with E-state index < -0.39 is 0 Å². The maximum Gasteiger partial charge on any atom is 0.0794 e. The molecule has 11 heavy (non-hydrogen) atoms. The van der Waals surface area contributed by atoms with Crippen molar-refractivity contribution in [2.45, 2.75) is 26.7 Å². The lowest BCUT2D eigenvalue weighted by molar-refractivity contribution is 0.698. The average Bonchev–Trinajstić information content (AvgIpc) is 2.17. The predicted octanol–water partition coefficient (Wildman–Crippen LogP) is 2.61. The van der Waals surface area contributed by atoms with Gasteiger partial charge in [-0.1, -0.05) is 13.8 Å². The zero-order chi connectivity index (χ0) is 8.59. The zero-order valence-corrected chi connectivity index (χ0v) is 8.94. The maximum absolute atomic E-state index is 4.38. The van der Waals surface area contributed by atoms with Gasteiger partial charge in [0.1, 0.15) is 0 Å². The highest BCUT2D eigenvalue weighted by Gasteiger charge is 2.12. The van der Waals surface area contributed by atoms with Crippen molar-refractivity contribution >= 4 is 15.9 Å². The molecular formula is C8H13BrN2. The Morgan fingerprint density at radius 3 is 2.18 bits per heavy atom. The predicted molar refractivity (Wildman–Crippen MR) is 49.7 cm³/mol. The van der Waals surface area contributed by atoms with Crippen LogP contribution in [-0.2, 0) is 7.05 Å². The molecular weight excluding hydrogens is 204 g/mol. The largest absolute Gasteiger partial charge is 0.271 e. The molecule has 0 amide bonds. The van der Waals surface area contributed by atoms with E-state index in [4.69, 9.17) is 0 Å². The summed E-state index contributed by atoms with van der Waals surface area (Å²) in [4.78, 5) is 0. The fraction of sp³-hybridized carbons (Fsp3) is 0.625. The van der Waals surface area contributed by atoms with E-state index in [9.17, 15) is 0 Å². The van der Waals surface area contributed by atoms with Crippen LogP contribution < -0.4 is 0 Å². The number of halogens is 1. The molecule has 0 spiro atoms. The molecule has 0 aliphatic heterocycles. The van der Waals surface area contributed by atoms with E-state index in [1.807, 2.05) is 11.7 Å². The van der Waals surface area contributed by atoms with Crippen molar-refractivity contribution in [2.75, 3.05) is 0 Å². The fourth-order valence-electron chi connectivity index (χ4n) is 0.977. The van der Waals surface area contributed by atoms with Crippen LogP contribution in [0, 0.1) is 6.92 Å². The molecule has 1 aromatic rings. The minimum atomic E-state index is 0.490. The van der Waals surface area contributed by atoms with Crippen molar-refractivity contribution in [2.24, 2.45) is 7.05 Å². The molecule has 1 aromatic heterocycles. The summed E-state index contributed by atoms with van der Waals surface area (Å²) in [6, 6.07) is 0. The van der Waals surface area contributed by atoms with Crippen LogP contribution in [0.2, 0.25) is 0 Å². The Morgan fingerprint density at radius 2 is 2.00 bits per heavy atom. The summed E-state index contributed by atoms with van der Waals surface area (Å²) >= 11 is 3.52. The molecule has 0 radical (unpaired) electrons. The molecule has 1 rings (SSSR count). The SMILES string of the molecule is Cc1c(Br)c(C(C)C)nn1C. The molecule has 3 heteroatoms. The summed E-state index contributed by atoms with van der Waals surface area (Å²) in [6.07, 6.45) is 0. The molecule has 0 atom stereocenters. The molecule has 0 aliphatic rings. The van der Waals surface area contributed by atoms with Crippen LogP contribution in [0.15, 0.2) is 4.47 Å². The lowest BCUT2D eigenvalue weighted by atomic mass is 10.1. The molecule has 0 N–H and O–H groups in total. The van der Waals surface area contributed by atoms with Gasteiger partial charge in [-0.2, -0.15) is 5.10 Å². The van der Waals surface area contributed by atoms with E-state index in [-0.39, 0.29) is 0 Å². The van der Waals surface area contributed by atoms with Crippen molar-refractivity contribution in [3.63, 3.8) is 0 Å². The minimum Gasteiger partial charge on any atom is -0.271 e. The van der Waals surface area contributed by atoms with Crippen LogP contribution in [0.3, 0.4) is 0 Å². The molecule has 0 aromatic carbocycles. The van der Waals surface area contributed by atoms with Gasteiger partial charge in [0.2, 0.25) is 0 Å². The lowest BCUT2D eigenvalue weighted by Crippen LogP contribution is -1.94. The van der Waals surface area contributed by atoms with Gasteiger partial charge >= 0.3 is 0 Å². The average molecular weight is 217 g/mol. The Labute approximate surface area is 75.7 Å². The van der Waals surface area contributed by atoms with Gasteiger partial charge in [-0.3, -0.25) is 4.68 Å². The van der Waals surface area contributed by atoms with Gasteiger partial charge in [-0.15, -0.1) is 0 Å². The van der Waals surface area contributed by atoms with Gasteiger partial charge < -0.3 is 0 Å². The normalized spacial score (nSPS) is 11.1. The second-order valence-corrected chi connectivity index (χ2v) is 3.86. The quantitative estimate of drug-likeness (QED) is 0.706. The Hall–Kier alpha value is -0.310. The van der Waals surface area contributed by atoms with Gasteiger partial charge in [0, 0.05) is 12.7 Å². The minimum absolute atomic E-state index is 0.490. The van der Waals surface area contributed by atoms with E-state index >= 15 is 0 Å². The Bertz CT molecular complexity index is 263. The zero-order valence-electron chi connectivity index (χ0n) is 7.35. The molecule has 2 nitrogen and oxygen atoms in total. The number of hydrogen-bond acceptors (Lipinski definition) is 1. The Kier molecular flexibility index (Phi) is 2.37. The van der Waals surface area contributed by atoms with Crippen LogP contribution >= 0.6 is 15.9 Å². The van der Waals surface area contributed by atoms with Crippen molar-refractivity contribution in [3.05, 3.63) is 15.9 Å². The summed E-state index contributed by atoms with van der Waals surface area (Å²) in [6.45, 7) is 6.35.